The van der Waals surface area contributed by atoms with Crippen LogP contribution >= 0.6 is 0 Å². The van der Waals surface area contributed by atoms with E-state index in [1.54, 1.807) is 0 Å². The first-order valence-electron chi connectivity index (χ1n) is 5.17. The Labute approximate surface area is 86.5 Å². The summed E-state index contributed by atoms with van der Waals surface area (Å²) >= 11 is 0. The molecule has 0 aromatic heterocycles. The zero-order valence-electron chi connectivity index (χ0n) is 9.67. The maximum Gasteiger partial charge on any atom is 0.308 e. The summed E-state index contributed by atoms with van der Waals surface area (Å²) in [5.74, 6) is -1.10. The number of ether oxygens (including phenoxy) is 1. The number of hydrogen-bond acceptors (Lipinski definition) is 2. The van der Waals surface area contributed by atoms with Gasteiger partial charge in [-0.2, -0.15) is 0 Å². The van der Waals surface area contributed by atoms with Crippen molar-refractivity contribution in [1.82, 2.24) is 0 Å². The average molecular weight is 202 g/mol. The molecule has 0 bridgehead atoms. The molecule has 0 aliphatic heterocycles. The van der Waals surface area contributed by atoms with Gasteiger partial charge in [0.1, 0.15) is 0 Å². The smallest absolute Gasteiger partial charge is 0.308 e. The van der Waals surface area contributed by atoms with Gasteiger partial charge in [0.25, 0.3) is 0 Å². The minimum absolute atomic E-state index is 0.194. The highest BCUT2D eigenvalue weighted by atomic mass is 16.5. The topological polar surface area (TPSA) is 46.5 Å². The van der Waals surface area contributed by atoms with E-state index in [9.17, 15) is 4.79 Å². The molecular weight excluding hydrogens is 180 g/mol. The van der Waals surface area contributed by atoms with Crippen molar-refractivity contribution >= 4 is 5.97 Å². The Kier molecular flexibility index (Phi) is 5.77. The minimum Gasteiger partial charge on any atom is -0.481 e. The minimum atomic E-state index is -0.747. The highest BCUT2D eigenvalue weighted by Gasteiger charge is 2.20. The van der Waals surface area contributed by atoms with Crippen molar-refractivity contribution in [1.29, 1.82) is 0 Å². The molecule has 0 aromatic carbocycles. The largest absolute Gasteiger partial charge is 0.481 e. The SMILES string of the molecule is CCOCC(CCC(C)(C)C)C(=O)O. The van der Waals surface area contributed by atoms with Gasteiger partial charge in [-0.05, 0) is 25.2 Å². The Hall–Kier alpha value is -0.570. The van der Waals surface area contributed by atoms with E-state index in [0.717, 1.165) is 6.42 Å². The highest BCUT2D eigenvalue weighted by molar-refractivity contribution is 5.70. The van der Waals surface area contributed by atoms with Gasteiger partial charge in [0.05, 0.1) is 12.5 Å². The molecular formula is C11H22O3. The van der Waals surface area contributed by atoms with Crippen LogP contribution < -0.4 is 0 Å². The van der Waals surface area contributed by atoms with Gasteiger partial charge in [-0.1, -0.05) is 20.8 Å². The number of aliphatic carboxylic acids is 1. The van der Waals surface area contributed by atoms with Gasteiger partial charge in [0, 0.05) is 6.61 Å². The molecule has 0 aliphatic rings. The molecule has 14 heavy (non-hydrogen) atoms. The molecule has 0 fully saturated rings. The fourth-order valence-corrected chi connectivity index (χ4v) is 1.15. The van der Waals surface area contributed by atoms with Crippen LogP contribution in [0.25, 0.3) is 0 Å². The van der Waals surface area contributed by atoms with Gasteiger partial charge in [-0.15, -0.1) is 0 Å². The molecule has 0 aliphatic carbocycles. The second kappa shape index (κ2) is 6.02. The number of hydrogen-bond donors (Lipinski definition) is 1. The zero-order chi connectivity index (χ0) is 11.2. The maximum absolute atomic E-state index is 10.8. The monoisotopic (exact) mass is 202 g/mol. The van der Waals surface area contributed by atoms with E-state index in [-0.39, 0.29) is 11.3 Å². The lowest BCUT2D eigenvalue weighted by molar-refractivity contribution is -0.144. The molecule has 0 rings (SSSR count). The number of carbonyl (C=O) groups is 1. The van der Waals surface area contributed by atoms with E-state index in [1.807, 2.05) is 6.92 Å². The Bertz CT molecular complexity index is 170. The van der Waals surface area contributed by atoms with Crippen molar-refractivity contribution in [2.75, 3.05) is 13.2 Å². The molecule has 0 aromatic rings. The second-order valence-electron chi connectivity index (χ2n) is 4.79. The third kappa shape index (κ3) is 6.89. The molecule has 0 spiro atoms. The Morgan fingerprint density at radius 3 is 2.36 bits per heavy atom. The van der Waals surface area contributed by atoms with Gasteiger partial charge < -0.3 is 9.84 Å². The zero-order valence-corrected chi connectivity index (χ0v) is 9.67. The Morgan fingerprint density at radius 1 is 1.43 bits per heavy atom. The van der Waals surface area contributed by atoms with Gasteiger partial charge in [0.2, 0.25) is 0 Å². The van der Waals surface area contributed by atoms with Crippen LogP contribution in [0.3, 0.4) is 0 Å². The van der Waals surface area contributed by atoms with Gasteiger partial charge in [0.15, 0.2) is 0 Å². The highest BCUT2D eigenvalue weighted by Crippen LogP contribution is 2.23. The fourth-order valence-electron chi connectivity index (χ4n) is 1.15. The summed E-state index contributed by atoms with van der Waals surface area (Å²) in [4.78, 5) is 10.8. The number of carboxylic acids is 1. The summed E-state index contributed by atoms with van der Waals surface area (Å²) in [5, 5.41) is 8.92. The third-order valence-corrected chi connectivity index (χ3v) is 2.12. The molecule has 0 saturated heterocycles. The molecule has 3 heteroatoms. The maximum atomic E-state index is 10.8. The van der Waals surface area contributed by atoms with Crippen LogP contribution in [0.1, 0.15) is 40.5 Å². The first-order chi connectivity index (χ1) is 6.37. The van der Waals surface area contributed by atoms with Gasteiger partial charge in [-0.25, -0.2) is 0 Å². The van der Waals surface area contributed by atoms with E-state index in [2.05, 4.69) is 20.8 Å². The van der Waals surface area contributed by atoms with Crippen LogP contribution in [0, 0.1) is 11.3 Å². The molecule has 1 N–H and O–H groups in total. The predicted octanol–water partition coefficient (Wildman–Crippen LogP) is 2.55. The van der Waals surface area contributed by atoms with E-state index in [4.69, 9.17) is 9.84 Å². The van der Waals surface area contributed by atoms with Crippen molar-refractivity contribution in [3.05, 3.63) is 0 Å². The van der Waals surface area contributed by atoms with Crippen LogP contribution in [-0.4, -0.2) is 24.3 Å². The number of carboxylic acid groups (broad SMARTS) is 1. The normalized spacial score (nSPS) is 14.0. The van der Waals surface area contributed by atoms with Crippen LogP contribution in [0.15, 0.2) is 0 Å². The first-order valence-corrected chi connectivity index (χ1v) is 5.17. The summed E-state index contributed by atoms with van der Waals surface area (Å²) in [5.41, 5.74) is 0.194. The van der Waals surface area contributed by atoms with Gasteiger partial charge >= 0.3 is 5.97 Å². The van der Waals surface area contributed by atoms with E-state index < -0.39 is 5.97 Å². The summed E-state index contributed by atoms with van der Waals surface area (Å²) in [6, 6.07) is 0. The Balaban J connectivity index is 3.91. The molecule has 0 saturated carbocycles. The Morgan fingerprint density at radius 2 is 2.00 bits per heavy atom. The standard InChI is InChI=1S/C11H22O3/c1-5-14-8-9(10(12)13)6-7-11(2,3)4/h9H,5-8H2,1-4H3,(H,12,13). The van der Waals surface area contributed by atoms with Crippen LogP contribution in [0.4, 0.5) is 0 Å². The average Bonchev–Trinajstić information content (AvgIpc) is 2.01. The molecule has 1 atom stereocenters. The number of rotatable bonds is 6. The predicted molar refractivity (Wildman–Crippen MR) is 56.3 cm³/mol. The van der Waals surface area contributed by atoms with E-state index >= 15 is 0 Å². The van der Waals surface area contributed by atoms with Crippen LogP contribution in [0.5, 0.6) is 0 Å². The fraction of sp³-hybridized carbons (Fsp3) is 0.909. The summed E-state index contributed by atoms with van der Waals surface area (Å²) in [7, 11) is 0. The lowest BCUT2D eigenvalue weighted by atomic mass is 9.87. The third-order valence-electron chi connectivity index (χ3n) is 2.12. The van der Waals surface area contributed by atoms with Crippen molar-refractivity contribution in [2.24, 2.45) is 11.3 Å². The van der Waals surface area contributed by atoms with Gasteiger partial charge in [-0.3, -0.25) is 4.79 Å². The summed E-state index contributed by atoms with van der Waals surface area (Å²) in [6.07, 6.45) is 1.61. The van der Waals surface area contributed by atoms with Crippen molar-refractivity contribution in [2.45, 2.75) is 40.5 Å². The second-order valence-corrected chi connectivity index (χ2v) is 4.79. The molecule has 3 nitrogen and oxygen atoms in total. The molecule has 0 radical (unpaired) electrons. The molecule has 84 valence electrons. The molecule has 0 heterocycles. The lowest BCUT2D eigenvalue weighted by Gasteiger charge is -2.20. The van der Waals surface area contributed by atoms with Crippen LogP contribution in [-0.2, 0) is 9.53 Å². The van der Waals surface area contributed by atoms with E-state index in [1.165, 1.54) is 0 Å². The summed E-state index contributed by atoms with van der Waals surface area (Å²) < 4.78 is 5.14. The van der Waals surface area contributed by atoms with Crippen molar-refractivity contribution in [3.63, 3.8) is 0 Å². The summed E-state index contributed by atoms with van der Waals surface area (Å²) in [6.45, 7) is 9.15. The van der Waals surface area contributed by atoms with E-state index in [0.29, 0.717) is 19.6 Å². The quantitative estimate of drug-likeness (QED) is 0.720. The molecule has 1 unspecified atom stereocenters. The van der Waals surface area contributed by atoms with Crippen molar-refractivity contribution < 1.29 is 14.6 Å². The lowest BCUT2D eigenvalue weighted by Crippen LogP contribution is -2.22. The van der Waals surface area contributed by atoms with Crippen LogP contribution in [0.2, 0.25) is 0 Å². The first kappa shape index (κ1) is 13.4. The van der Waals surface area contributed by atoms with Crippen molar-refractivity contribution in [3.8, 4) is 0 Å². The molecule has 0 amide bonds.